The van der Waals surface area contributed by atoms with Crippen LogP contribution in [0.3, 0.4) is 0 Å². The van der Waals surface area contributed by atoms with E-state index in [9.17, 15) is 4.79 Å². The number of rotatable bonds is 3. The second-order valence-electron chi connectivity index (χ2n) is 3.70. The van der Waals surface area contributed by atoms with Crippen molar-refractivity contribution >= 4 is 22.8 Å². The molecule has 0 aliphatic carbocycles. The summed E-state index contributed by atoms with van der Waals surface area (Å²) < 4.78 is 5.16. The number of benzene rings is 2. The largest absolute Gasteiger partial charge is 0.452 e. The van der Waals surface area contributed by atoms with E-state index in [1.807, 2.05) is 30.3 Å². The van der Waals surface area contributed by atoms with E-state index in [2.05, 4.69) is 0 Å². The molecule has 2 aromatic carbocycles. The van der Waals surface area contributed by atoms with Gasteiger partial charge in [0.05, 0.1) is 0 Å². The summed E-state index contributed by atoms with van der Waals surface area (Å²) in [7, 11) is 0. The number of nitrogens with two attached hydrogens (primary N) is 1. The van der Waals surface area contributed by atoms with E-state index in [1.54, 1.807) is 24.3 Å². The zero-order valence-electron chi connectivity index (χ0n) is 9.71. The lowest BCUT2D eigenvalue weighted by molar-refractivity contribution is 0.168. The number of hydrogen-bond donors (Lipinski definition) is 1. The molecule has 0 aliphatic rings. The summed E-state index contributed by atoms with van der Waals surface area (Å²) in [4.78, 5) is 12.4. The van der Waals surface area contributed by atoms with E-state index in [0.29, 0.717) is 12.3 Å². The molecule has 0 heterocycles. The Balaban J connectivity index is 1.84. The molecule has 3 nitrogen and oxygen atoms in total. The zero-order valence-corrected chi connectivity index (χ0v) is 10.5. The topological polar surface area (TPSA) is 52.3 Å². The van der Waals surface area contributed by atoms with Crippen LogP contribution >= 0.6 is 11.8 Å². The maximum atomic E-state index is 11.6. The molecular weight excluding hydrogens is 246 g/mol. The monoisotopic (exact) mass is 259 g/mol. The Hall–Kier alpha value is -1.94. The molecule has 0 radical (unpaired) electrons. The second-order valence-corrected chi connectivity index (χ2v) is 4.70. The van der Waals surface area contributed by atoms with Crippen molar-refractivity contribution in [3.63, 3.8) is 0 Å². The van der Waals surface area contributed by atoms with Crippen LogP contribution in [0, 0.1) is 0 Å². The number of carbonyl (C=O) groups is 1. The molecule has 2 N–H and O–H groups in total. The molecule has 2 rings (SSSR count). The molecule has 0 saturated heterocycles. The van der Waals surface area contributed by atoms with E-state index >= 15 is 0 Å². The van der Waals surface area contributed by atoms with Crippen LogP contribution in [-0.4, -0.2) is 5.30 Å². The fraction of sp³-hybridized carbons (Fsp3) is 0.0714. The standard InChI is InChI=1S/C14H13NO2S/c15-12-6-8-13(9-7-12)18-14(16)17-10-11-4-2-1-3-5-11/h1-9H,10,15H2. The number of anilines is 1. The molecule has 4 heteroatoms. The van der Waals surface area contributed by atoms with E-state index in [1.165, 1.54) is 0 Å². The zero-order chi connectivity index (χ0) is 12.8. The van der Waals surface area contributed by atoms with Gasteiger partial charge in [0.15, 0.2) is 0 Å². The second kappa shape index (κ2) is 6.12. The van der Waals surface area contributed by atoms with Crippen LogP contribution in [0.15, 0.2) is 59.5 Å². The molecule has 2 aromatic rings. The van der Waals surface area contributed by atoms with Crippen molar-refractivity contribution in [1.82, 2.24) is 0 Å². The van der Waals surface area contributed by atoms with Crippen molar-refractivity contribution in [2.75, 3.05) is 5.73 Å². The highest BCUT2D eigenvalue weighted by molar-refractivity contribution is 8.13. The van der Waals surface area contributed by atoms with Crippen molar-refractivity contribution in [2.45, 2.75) is 11.5 Å². The van der Waals surface area contributed by atoms with Crippen LogP contribution in [0.5, 0.6) is 0 Å². The molecular formula is C14H13NO2S. The number of hydrogen-bond acceptors (Lipinski definition) is 4. The fourth-order valence-corrected chi connectivity index (χ4v) is 1.96. The first-order valence-corrected chi connectivity index (χ1v) is 6.30. The number of nitrogen functional groups attached to an aromatic ring is 1. The Morgan fingerprint density at radius 1 is 1.06 bits per heavy atom. The van der Waals surface area contributed by atoms with Crippen molar-refractivity contribution in [3.05, 3.63) is 60.2 Å². The normalized spacial score (nSPS) is 10.0. The Labute approximate surface area is 110 Å². The average Bonchev–Trinajstić information content (AvgIpc) is 2.40. The summed E-state index contributed by atoms with van der Waals surface area (Å²) in [6, 6.07) is 16.7. The molecule has 18 heavy (non-hydrogen) atoms. The third-order valence-corrected chi connectivity index (χ3v) is 3.07. The van der Waals surface area contributed by atoms with Gasteiger partial charge in [-0.3, -0.25) is 0 Å². The highest BCUT2D eigenvalue weighted by Gasteiger charge is 2.05. The van der Waals surface area contributed by atoms with E-state index in [4.69, 9.17) is 10.5 Å². The van der Waals surface area contributed by atoms with Crippen LogP contribution in [0.4, 0.5) is 10.5 Å². The highest BCUT2D eigenvalue weighted by atomic mass is 32.2. The Kier molecular flexibility index (Phi) is 4.25. The van der Waals surface area contributed by atoms with Crippen molar-refractivity contribution < 1.29 is 9.53 Å². The maximum absolute atomic E-state index is 11.6. The van der Waals surface area contributed by atoms with Gasteiger partial charge in [-0.05, 0) is 41.6 Å². The molecule has 0 amide bonds. The summed E-state index contributed by atoms with van der Waals surface area (Å²) in [6.07, 6.45) is 0. The summed E-state index contributed by atoms with van der Waals surface area (Å²) >= 11 is 1.05. The molecule has 0 fully saturated rings. The molecule has 0 atom stereocenters. The maximum Gasteiger partial charge on any atom is 0.372 e. The van der Waals surface area contributed by atoms with E-state index in [0.717, 1.165) is 22.2 Å². The quantitative estimate of drug-likeness (QED) is 0.519. The van der Waals surface area contributed by atoms with Crippen molar-refractivity contribution in [2.24, 2.45) is 0 Å². The van der Waals surface area contributed by atoms with E-state index < -0.39 is 0 Å². The van der Waals surface area contributed by atoms with Crippen LogP contribution in [-0.2, 0) is 11.3 Å². The Morgan fingerprint density at radius 2 is 1.72 bits per heavy atom. The van der Waals surface area contributed by atoms with Gasteiger partial charge in [-0.1, -0.05) is 30.3 Å². The summed E-state index contributed by atoms with van der Waals surface area (Å²) in [5, 5.41) is -0.316. The Bertz CT molecular complexity index is 511. The first-order valence-electron chi connectivity index (χ1n) is 5.48. The summed E-state index contributed by atoms with van der Waals surface area (Å²) in [6.45, 7) is 0.293. The van der Waals surface area contributed by atoms with Gasteiger partial charge in [-0.15, -0.1) is 0 Å². The summed E-state index contributed by atoms with van der Waals surface area (Å²) in [5.74, 6) is 0. The molecule has 0 saturated carbocycles. The Morgan fingerprint density at radius 3 is 2.39 bits per heavy atom. The SMILES string of the molecule is Nc1ccc(SC(=O)OCc2ccccc2)cc1. The molecule has 0 bridgehead atoms. The lowest BCUT2D eigenvalue weighted by atomic mass is 10.2. The minimum Gasteiger partial charge on any atom is -0.452 e. The van der Waals surface area contributed by atoms with Gasteiger partial charge in [0.1, 0.15) is 6.61 Å². The van der Waals surface area contributed by atoms with Crippen LogP contribution in [0.25, 0.3) is 0 Å². The molecule has 0 aromatic heterocycles. The molecule has 0 aliphatic heterocycles. The van der Waals surface area contributed by atoms with Crippen molar-refractivity contribution in [1.29, 1.82) is 0 Å². The van der Waals surface area contributed by atoms with Gasteiger partial charge >= 0.3 is 5.30 Å². The smallest absolute Gasteiger partial charge is 0.372 e. The van der Waals surface area contributed by atoms with Gasteiger partial charge in [0.25, 0.3) is 0 Å². The van der Waals surface area contributed by atoms with Gasteiger partial charge in [0, 0.05) is 10.6 Å². The van der Waals surface area contributed by atoms with Crippen molar-refractivity contribution in [3.8, 4) is 0 Å². The fourth-order valence-electron chi connectivity index (χ4n) is 1.38. The predicted octanol–water partition coefficient (Wildman–Crippen LogP) is 3.70. The lowest BCUT2D eigenvalue weighted by Crippen LogP contribution is -1.97. The predicted molar refractivity (Wildman–Crippen MR) is 73.3 cm³/mol. The number of carbonyl (C=O) groups excluding carboxylic acids is 1. The third-order valence-electron chi connectivity index (χ3n) is 2.28. The minimum absolute atomic E-state index is 0.293. The van der Waals surface area contributed by atoms with Crippen LogP contribution < -0.4 is 5.73 Å². The van der Waals surface area contributed by atoms with Crippen LogP contribution in [0.2, 0.25) is 0 Å². The first kappa shape index (κ1) is 12.5. The number of ether oxygens (including phenoxy) is 1. The lowest BCUT2D eigenvalue weighted by Gasteiger charge is -2.04. The minimum atomic E-state index is -0.316. The van der Waals surface area contributed by atoms with Gasteiger partial charge in [0.2, 0.25) is 0 Å². The van der Waals surface area contributed by atoms with Crippen LogP contribution in [0.1, 0.15) is 5.56 Å². The van der Waals surface area contributed by atoms with Gasteiger partial charge in [-0.25, -0.2) is 4.79 Å². The summed E-state index contributed by atoms with van der Waals surface area (Å²) in [5.41, 5.74) is 7.22. The molecule has 0 spiro atoms. The first-order chi connectivity index (χ1) is 8.74. The van der Waals surface area contributed by atoms with Gasteiger partial charge in [-0.2, -0.15) is 0 Å². The highest BCUT2D eigenvalue weighted by Crippen LogP contribution is 2.21. The molecule has 0 unspecified atom stereocenters. The molecule has 92 valence electrons. The average molecular weight is 259 g/mol. The number of thioether (sulfide) groups is 1. The third kappa shape index (κ3) is 3.82. The van der Waals surface area contributed by atoms with Gasteiger partial charge < -0.3 is 10.5 Å². The van der Waals surface area contributed by atoms with E-state index in [-0.39, 0.29) is 5.30 Å².